The van der Waals surface area contributed by atoms with Gasteiger partial charge < -0.3 is 9.47 Å². The summed E-state index contributed by atoms with van der Waals surface area (Å²) in [7, 11) is 11.1. The van der Waals surface area contributed by atoms with Crippen LogP contribution in [-0.4, -0.2) is 35.1 Å². The van der Waals surface area contributed by atoms with E-state index in [0.717, 1.165) is 28.6 Å². The van der Waals surface area contributed by atoms with Crippen molar-refractivity contribution < 1.29 is 18.6 Å². The van der Waals surface area contributed by atoms with Gasteiger partial charge in [-0.15, -0.1) is 0 Å². The van der Waals surface area contributed by atoms with Crippen molar-refractivity contribution >= 4 is 23.2 Å². The molecule has 0 saturated heterocycles. The zero-order chi connectivity index (χ0) is 21.1. The van der Waals surface area contributed by atoms with Gasteiger partial charge in [0.15, 0.2) is 0 Å². The minimum Gasteiger partial charge on any atom is -0.475 e. The number of aryl methyl sites for hydroxylation is 5. The summed E-state index contributed by atoms with van der Waals surface area (Å²) in [5.74, 6) is 2.80. The van der Waals surface area contributed by atoms with Crippen LogP contribution in [-0.2, 0) is 37.7 Å². The van der Waals surface area contributed by atoms with Crippen LogP contribution in [0.4, 0.5) is 11.4 Å². The van der Waals surface area contributed by atoms with E-state index in [1.54, 1.807) is 14.2 Å². The van der Waals surface area contributed by atoms with E-state index in [0.29, 0.717) is 11.8 Å². The molecule has 0 N–H and O–H groups in total. The van der Waals surface area contributed by atoms with Crippen molar-refractivity contribution in [3.8, 4) is 0 Å². The Morgan fingerprint density at radius 2 is 1.38 bits per heavy atom. The molecule has 0 saturated carbocycles. The topological polar surface area (TPSA) is 60.8 Å². The number of methoxy groups -OCH3 is 2. The minimum absolute atomic E-state index is 0.527. The lowest BCUT2D eigenvalue weighted by atomic mass is 10.2. The van der Waals surface area contributed by atoms with Crippen molar-refractivity contribution in [3.05, 3.63) is 60.2 Å². The summed E-state index contributed by atoms with van der Waals surface area (Å²) in [5, 5.41) is 0. The highest BCUT2D eigenvalue weighted by atomic mass is 16.5. The first-order chi connectivity index (χ1) is 13.8. The van der Waals surface area contributed by atoms with E-state index < -0.39 is 0 Å². The van der Waals surface area contributed by atoms with Crippen molar-refractivity contribution in [2.75, 3.05) is 14.2 Å². The quantitative estimate of drug-likeness (QED) is 0.383. The van der Waals surface area contributed by atoms with Crippen molar-refractivity contribution in [3.63, 3.8) is 0 Å². The number of ether oxygens (including phenoxy) is 2. The predicted molar refractivity (Wildman–Crippen MR) is 111 cm³/mol. The van der Waals surface area contributed by atoms with Gasteiger partial charge in [0.1, 0.15) is 24.8 Å². The van der Waals surface area contributed by atoms with Gasteiger partial charge in [0, 0.05) is 0 Å². The second-order valence-corrected chi connectivity index (χ2v) is 6.90. The zero-order valence-corrected chi connectivity index (χ0v) is 18.0. The lowest BCUT2D eigenvalue weighted by Gasteiger charge is -2.07. The van der Waals surface area contributed by atoms with Gasteiger partial charge in [-0.25, -0.2) is 28.3 Å². The first kappa shape index (κ1) is 20.3. The average molecular weight is 396 g/mol. The van der Waals surface area contributed by atoms with Crippen LogP contribution in [0.2, 0.25) is 0 Å². The van der Waals surface area contributed by atoms with Gasteiger partial charge in [-0.05, 0) is 24.6 Å². The number of benzene rings is 1. The van der Waals surface area contributed by atoms with E-state index in [9.17, 15) is 0 Å². The van der Waals surface area contributed by atoms with E-state index in [4.69, 9.17) is 19.5 Å². The summed E-state index contributed by atoms with van der Waals surface area (Å²) in [4.78, 5) is 9.47. The fourth-order valence-corrected chi connectivity index (χ4v) is 3.17. The van der Waals surface area contributed by atoms with E-state index in [1.807, 2.05) is 96.4 Å². The van der Waals surface area contributed by atoms with Gasteiger partial charge in [0.25, 0.3) is 0 Å². The number of aliphatic imine (C=N–C) groups is 2. The second kappa shape index (κ2) is 8.30. The zero-order valence-electron chi connectivity index (χ0n) is 18.0. The van der Waals surface area contributed by atoms with Gasteiger partial charge >= 0.3 is 23.4 Å². The highest BCUT2D eigenvalue weighted by Crippen LogP contribution is 2.26. The average Bonchev–Trinajstić information content (AvgIpc) is 3.21. The highest BCUT2D eigenvalue weighted by molar-refractivity contribution is 5.93. The highest BCUT2D eigenvalue weighted by Gasteiger charge is 2.22. The Hall–Kier alpha value is -3.42. The Morgan fingerprint density at radius 1 is 0.862 bits per heavy atom. The Balaban J connectivity index is 2.06. The number of imidazole rings is 2. The van der Waals surface area contributed by atoms with Crippen LogP contribution in [0.3, 0.4) is 0 Å². The van der Waals surface area contributed by atoms with E-state index in [-0.39, 0.29) is 0 Å². The smallest absolute Gasteiger partial charge is 0.344 e. The van der Waals surface area contributed by atoms with Gasteiger partial charge in [-0.1, -0.05) is 6.07 Å². The summed E-state index contributed by atoms with van der Waals surface area (Å²) in [5.41, 5.74) is 2.56. The molecule has 3 rings (SSSR count). The molecule has 0 fully saturated rings. The van der Waals surface area contributed by atoms with Gasteiger partial charge in [-0.3, -0.25) is 0 Å². The normalized spacial score (nSPS) is 12.4. The summed E-state index contributed by atoms with van der Waals surface area (Å²) in [6.07, 6.45) is 7.84. The Morgan fingerprint density at radius 3 is 1.83 bits per heavy atom. The molecular formula is C21H28N6O2+2. The molecule has 0 unspecified atom stereocenters. The molecular weight excluding hydrogens is 368 g/mol. The summed E-state index contributed by atoms with van der Waals surface area (Å²) < 4.78 is 19.0. The molecule has 29 heavy (non-hydrogen) atoms. The number of hydrogen-bond acceptors (Lipinski definition) is 4. The van der Waals surface area contributed by atoms with E-state index in [2.05, 4.69) is 0 Å². The molecule has 0 spiro atoms. The molecule has 8 heteroatoms. The molecule has 0 bridgehead atoms. The van der Waals surface area contributed by atoms with Crippen LogP contribution < -0.4 is 9.13 Å². The van der Waals surface area contributed by atoms with Crippen molar-refractivity contribution in [2.45, 2.75) is 6.92 Å². The number of aromatic nitrogens is 4. The summed E-state index contributed by atoms with van der Waals surface area (Å²) in [6.45, 7) is 2.01. The van der Waals surface area contributed by atoms with Crippen LogP contribution in [0.5, 0.6) is 0 Å². The molecule has 0 aliphatic rings. The van der Waals surface area contributed by atoms with E-state index in [1.165, 1.54) is 0 Å². The maximum Gasteiger partial charge on any atom is 0.344 e. The third kappa shape index (κ3) is 4.06. The Kier molecular flexibility index (Phi) is 5.81. The summed E-state index contributed by atoms with van der Waals surface area (Å²) in [6, 6.07) is 5.87. The molecule has 3 aromatic rings. The van der Waals surface area contributed by atoms with Crippen LogP contribution in [0.25, 0.3) is 0 Å². The minimum atomic E-state index is 0.527. The Labute approximate surface area is 171 Å². The van der Waals surface area contributed by atoms with E-state index >= 15 is 0 Å². The Bertz CT molecular complexity index is 1050. The van der Waals surface area contributed by atoms with Gasteiger partial charge in [-0.2, -0.15) is 0 Å². The monoisotopic (exact) mass is 396 g/mol. The van der Waals surface area contributed by atoms with Crippen LogP contribution in [0.1, 0.15) is 17.2 Å². The maximum absolute atomic E-state index is 5.59. The molecule has 8 nitrogen and oxygen atoms in total. The molecule has 0 atom stereocenters. The van der Waals surface area contributed by atoms with Crippen LogP contribution >= 0.6 is 0 Å². The van der Waals surface area contributed by atoms with Crippen molar-refractivity contribution in [1.29, 1.82) is 0 Å². The lowest BCUT2D eigenvalue weighted by Crippen LogP contribution is -2.35. The standard InChI is InChI=1S/C21H28N6O2/c1-15-8-9-16(22-18(28-6)20-24(2)10-11-25(20)3)14-17(15)23-19(29-7)21-26(4)12-13-27(21)5/h8-14H,1-7H3/q+2. The fourth-order valence-electron chi connectivity index (χ4n) is 3.17. The number of nitrogens with zero attached hydrogens (tertiary/aromatic N) is 6. The molecule has 1 aromatic carbocycles. The van der Waals surface area contributed by atoms with Crippen LogP contribution in [0, 0.1) is 6.92 Å². The largest absolute Gasteiger partial charge is 0.475 e. The second-order valence-electron chi connectivity index (χ2n) is 6.90. The molecule has 0 aliphatic heterocycles. The predicted octanol–water partition coefficient (Wildman–Crippen LogP) is 1.77. The van der Waals surface area contributed by atoms with Crippen molar-refractivity contribution in [1.82, 2.24) is 9.13 Å². The van der Waals surface area contributed by atoms with Crippen LogP contribution in [0.15, 0.2) is 53.0 Å². The first-order valence-corrected chi connectivity index (χ1v) is 9.24. The number of hydrogen-bond donors (Lipinski definition) is 0. The molecule has 0 radical (unpaired) electrons. The molecule has 0 aliphatic carbocycles. The molecule has 0 amide bonds. The number of rotatable bonds is 4. The first-order valence-electron chi connectivity index (χ1n) is 9.24. The lowest BCUT2D eigenvalue weighted by molar-refractivity contribution is -0.672. The molecule has 2 aromatic heterocycles. The maximum atomic E-state index is 5.59. The summed E-state index contributed by atoms with van der Waals surface area (Å²) >= 11 is 0. The molecule has 2 heterocycles. The van der Waals surface area contributed by atoms with Gasteiger partial charge in [0.2, 0.25) is 0 Å². The fraction of sp³-hybridized carbons (Fsp3) is 0.333. The third-order valence-corrected chi connectivity index (χ3v) is 4.78. The van der Waals surface area contributed by atoms with Gasteiger partial charge in [0.05, 0.1) is 53.8 Å². The van der Waals surface area contributed by atoms with Crippen molar-refractivity contribution in [2.24, 2.45) is 38.2 Å². The molecule has 152 valence electrons. The third-order valence-electron chi connectivity index (χ3n) is 4.78. The SMILES string of the molecule is COC(=Nc1ccc(C)c(N=C(OC)c2n(C)cc[n+]2C)c1)c1n(C)cc[n+]1C.